The van der Waals surface area contributed by atoms with Gasteiger partial charge in [0.2, 0.25) is 11.6 Å². The number of aliphatic hydroxyl groups is 1. The van der Waals surface area contributed by atoms with Gasteiger partial charge in [0, 0.05) is 6.07 Å². The molecule has 0 aliphatic carbocycles. The molecule has 33 heavy (non-hydrogen) atoms. The smallest absolute Gasteiger partial charge is 0.397 e. The fraction of sp³-hybridized carbons (Fsp3) is 0.571. The summed E-state index contributed by atoms with van der Waals surface area (Å²) >= 11 is 0. The van der Waals surface area contributed by atoms with Gasteiger partial charge in [-0.15, -0.1) is 0 Å². The van der Waals surface area contributed by atoms with E-state index in [1.165, 1.54) is 20.8 Å². The van der Waals surface area contributed by atoms with Crippen molar-refractivity contribution in [1.82, 2.24) is 5.32 Å². The summed E-state index contributed by atoms with van der Waals surface area (Å²) in [4.78, 5) is 36.3. The van der Waals surface area contributed by atoms with E-state index in [1.807, 2.05) is 0 Å². The van der Waals surface area contributed by atoms with Crippen LogP contribution in [0, 0.1) is 23.3 Å². The molecule has 2 N–H and O–H groups in total. The zero-order valence-corrected chi connectivity index (χ0v) is 19.1. The topological polar surface area (TPSA) is 111 Å². The molecule has 1 aromatic rings. The summed E-state index contributed by atoms with van der Waals surface area (Å²) in [6, 6.07) is -1.58. The van der Waals surface area contributed by atoms with Crippen LogP contribution in [0.2, 0.25) is 0 Å². The summed E-state index contributed by atoms with van der Waals surface area (Å²) in [5.74, 6) is -12.2. The van der Waals surface area contributed by atoms with E-state index in [0.717, 1.165) is 0 Å². The molecule has 0 heterocycles. The normalized spacial score (nSPS) is 13.7. The Morgan fingerprint density at radius 1 is 0.939 bits per heavy atom. The number of rotatable bonds is 7. The van der Waals surface area contributed by atoms with Gasteiger partial charge in [0.05, 0.1) is 12.5 Å². The number of halogens is 4. The van der Waals surface area contributed by atoms with Crippen LogP contribution in [0.25, 0.3) is 0 Å². The molecule has 2 atom stereocenters. The molecule has 0 spiro atoms. The van der Waals surface area contributed by atoms with Crippen molar-refractivity contribution in [2.24, 2.45) is 0 Å². The zero-order chi connectivity index (χ0) is 25.7. The molecule has 1 rings (SSSR count). The maximum absolute atomic E-state index is 13.8. The Kier molecular flexibility index (Phi) is 9.23. The molecule has 0 bridgehead atoms. The van der Waals surface area contributed by atoms with Gasteiger partial charge < -0.3 is 24.6 Å². The first kappa shape index (κ1) is 28.1. The molecule has 0 aromatic heterocycles. The molecular formula is C21H27F4NO7. The minimum Gasteiger partial charge on any atom is -0.485 e. The highest BCUT2D eigenvalue weighted by atomic mass is 19.2. The first-order chi connectivity index (χ1) is 14.9. The average molecular weight is 481 g/mol. The minimum atomic E-state index is -1.87. The van der Waals surface area contributed by atoms with Gasteiger partial charge in [0.15, 0.2) is 17.4 Å². The minimum absolute atomic E-state index is 0.0275. The Hall–Kier alpha value is -2.89. The highest BCUT2D eigenvalue weighted by molar-refractivity contribution is 6.32. The van der Waals surface area contributed by atoms with E-state index in [9.17, 15) is 37.1 Å². The Morgan fingerprint density at radius 3 is 1.88 bits per heavy atom. The molecule has 2 unspecified atom stereocenters. The van der Waals surface area contributed by atoms with Crippen LogP contribution < -0.4 is 10.1 Å². The van der Waals surface area contributed by atoms with E-state index in [4.69, 9.17) is 9.47 Å². The van der Waals surface area contributed by atoms with E-state index in [-0.39, 0.29) is 6.07 Å². The van der Waals surface area contributed by atoms with Crippen molar-refractivity contribution in [1.29, 1.82) is 0 Å². The van der Waals surface area contributed by atoms with Crippen molar-refractivity contribution in [3.8, 4) is 5.75 Å². The van der Waals surface area contributed by atoms with Crippen molar-refractivity contribution in [3.05, 3.63) is 29.3 Å². The Balaban J connectivity index is 3.04. The first-order valence-electron chi connectivity index (χ1n) is 9.81. The molecule has 0 aliphatic rings. The van der Waals surface area contributed by atoms with E-state index in [2.05, 4.69) is 10.1 Å². The number of benzene rings is 1. The fourth-order valence-electron chi connectivity index (χ4n) is 2.36. The molecule has 1 aromatic carbocycles. The third-order valence-corrected chi connectivity index (χ3v) is 3.64. The largest absolute Gasteiger partial charge is 0.485 e. The van der Waals surface area contributed by atoms with Crippen molar-refractivity contribution in [3.63, 3.8) is 0 Å². The molecule has 0 saturated heterocycles. The second-order valence-corrected chi connectivity index (χ2v) is 9.05. The number of carbonyl (C=O) groups is 3. The zero-order valence-electron chi connectivity index (χ0n) is 19.1. The number of aliphatic hydroxyl groups excluding tert-OH is 1. The molecule has 12 heteroatoms. The van der Waals surface area contributed by atoms with Gasteiger partial charge >= 0.3 is 17.8 Å². The maximum atomic E-state index is 13.8. The third kappa shape index (κ3) is 9.24. The fourth-order valence-corrected chi connectivity index (χ4v) is 2.36. The standard InChI is InChI=1S/C21H27F4NO7/c1-20(2,3)32-14(28)8-12(26-18(29)19(30)33-21(4,5)6)13(27)9-31-17-15(24)10(22)7-11(23)16(17)25/h7,12-13,27H,8-9H2,1-6H3,(H,26,29). The summed E-state index contributed by atoms with van der Waals surface area (Å²) in [6.07, 6.45) is -2.55. The number of hydrogen-bond acceptors (Lipinski definition) is 7. The number of carbonyl (C=O) groups excluding carboxylic acids is 3. The number of ether oxygens (including phenoxy) is 3. The molecule has 1 amide bonds. The summed E-state index contributed by atoms with van der Waals surface area (Å²) in [5.41, 5.74) is -1.95. The first-order valence-corrected chi connectivity index (χ1v) is 9.81. The predicted octanol–water partition coefficient (Wildman–Crippen LogP) is 2.54. The molecular weight excluding hydrogens is 454 g/mol. The highest BCUT2D eigenvalue weighted by Crippen LogP contribution is 2.26. The van der Waals surface area contributed by atoms with Crippen LogP contribution >= 0.6 is 0 Å². The van der Waals surface area contributed by atoms with Gasteiger partial charge in [-0.05, 0) is 41.5 Å². The van der Waals surface area contributed by atoms with E-state index >= 15 is 0 Å². The molecule has 0 radical (unpaired) electrons. The monoisotopic (exact) mass is 481 g/mol. The molecule has 0 fully saturated rings. The third-order valence-electron chi connectivity index (χ3n) is 3.64. The summed E-state index contributed by atoms with van der Waals surface area (Å²) in [5, 5.41) is 12.4. The average Bonchev–Trinajstić information content (AvgIpc) is 2.62. The number of esters is 2. The number of hydrogen-bond donors (Lipinski definition) is 2. The van der Waals surface area contributed by atoms with Gasteiger partial charge in [-0.2, -0.15) is 8.78 Å². The quantitative estimate of drug-likeness (QED) is 0.267. The maximum Gasteiger partial charge on any atom is 0.397 e. The lowest BCUT2D eigenvalue weighted by atomic mass is 10.1. The molecule has 0 aliphatic heterocycles. The lowest BCUT2D eigenvalue weighted by molar-refractivity contribution is -0.165. The Labute approximate surface area is 188 Å². The number of nitrogens with one attached hydrogen (secondary N) is 1. The molecule has 186 valence electrons. The van der Waals surface area contributed by atoms with E-state index < -0.39 is 83.2 Å². The van der Waals surface area contributed by atoms with Crippen LogP contribution in [-0.2, 0) is 23.9 Å². The Morgan fingerprint density at radius 2 is 1.42 bits per heavy atom. The van der Waals surface area contributed by atoms with Gasteiger partial charge in [0.25, 0.3) is 0 Å². The Bertz CT molecular complexity index is 868. The van der Waals surface area contributed by atoms with Crippen molar-refractivity contribution < 1.29 is 51.3 Å². The van der Waals surface area contributed by atoms with Crippen LogP contribution in [0.4, 0.5) is 17.6 Å². The van der Waals surface area contributed by atoms with Crippen molar-refractivity contribution in [2.45, 2.75) is 71.3 Å². The van der Waals surface area contributed by atoms with Crippen LogP contribution in [0.5, 0.6) is 5.75 Å². The lowest BCUT2D eigenvalue weighted by Crippen LogP contribution is -2.50. The van der Waals surface area contributed by atoms with Crippen molar-refractivity contribution in [2.75, 3.05) is 6.61 Å². The van der Waals surface area contributed by atoms with Crippen molar-refractivity contribution >= 4 is 17.8 Å². The van der Waals surface area contributed by atoms with E-state index in [0.29, 0.717) is 0 Å². The second kappa shape index (κ2) is 10.8. The van der Waals surface area contributed by atoms with Gasteiger partial charge in [-0.3, -0.25) is 9.59 Å². The molecule has 0 saturated carbocycles. The lowest BCUT2D eigenvalue weighted by Gasteiger charge is -2.26. The number of amides is 1. The SMILES string of the molecule is CC(C)(C)OC(=O)CC(NC(=O)C(=O)OC(C)(C)C)C(O)COc1c(F)c(F)cc(F)c1F. The van der Waals surface area contributed by atoms with Crippen LogP contribution in [0.1, 0.15) is 48.0 Å². The van der Waals surface area contributed by atoms with Gasteiger partial charge in [0.1, 0.15) is 23.9 Å². The van der Waals surface area contributed by atoms with Crippen LogP contribution in [-0.4, -0.2) is 52.9 Å². The summed E-state index contributed by atoms with van der Waals surface area (Å²) in [7, 11) is 0. The van der Waals surface area contributed by atoms with E-state index in [1.54, 1.807) is 20.8 Å². The summed E-state index contributed by atoms with van der Waals surface area (Å²) < 4.78 is 68.9. The van der Waals surface area contributed by atoms with Gasteiger partial charge in [-0.25, -0.2) is 13.6 Å². The van der Waals surface area contributed by atoms with Crippen LogP contribution in [0.15, 0.2) is 6.07 Å². The highest BCUT2D eigenvalue weighted by Gasteiger charge is 2.32. The molecule has 8 nitrogen and oxygen atoms in total. The second-order valence-electron chi connectivity index (χ2n) is 9.05. The summed E-state index contributed by atoms with van der Waals surface area (Å²) in [6.45, 7) is 8.16. The van der Waals surface area contributed by atoms with Crippen LogP contribution in [0.3, 0.4) is 0 Å². The van der Waals surface area contributed by atoms with Gasteiger partial charge in [-0.1, -0.05) is 0 Å². The predicted molar refractivity (Wildman–Crippen MR) is 106 cm³/mol.